The molecule has 3 rings (SSSR count). The van der Waals surface area contributed by atoms with Crippen molar-refractivity contribution in [2.24, 2.45) is 10.9 Å². The second-order valence-corrected chi connectivity index (χ2v) is 8.72. The molecule has 0 amide bonds. The van der Waals surface area contributed by atoms with Crippen molar-refractivity contribution in [2.75, 3.05) is 66.8 Å². The highest BCUT2D eigenvalue weighted by Crippen LogP contribution is 2.30. The van der Waals surface area contributed by atoms with Gasteiger partial charge in [0.15, 0.2) is 5.96 Å². The molecule has 2 aliphatic heterocycles. The Hall–Kier alpha value is -1.83. The molecule has 0 bridgehead atoms. The van der Waals surface area contributed by atoms with Gasteiger partial charge in [0.05, 0.1) is 13.2 Å². The lowest BCUT2D eigenvalue weighted by atomic mass is 10.0. The van der Waals surface area contributed by atoms with E-state index in [-0.39, 0.29) is 6.04 Å². The zero-order chi connectivity index (χ0) is 22.4. The van der Waals surface area contributed by atoms with Crippen molar-refractivity contribution in [3.05, 3.63) is 29.8 Å². The van der Waals surface area contributed by atoms with Crippen molar-refractivity contribution < 1.29 is 14.2 Å². The lowest BCUT2D eigenvalue weighted by molar-refractivity contribution is 0.0203. The third kappa shape index (κ3) is 7.94. The van der Waals surface area contributed by atoms with Crippen LogP contribution in [0.15, 0.2) is 29.3 Å². The number of likely N-dealkylation sites (tertiary alicyclic amines) is 1. The summed E-state index contributed by atoms with van der Waals surface area (Å²) in [5.41, 5.74) is 1.24. The van der Waals surface area contributed by atoms with Crippen LogP contribution in [-0.2, 0) is 9.47 Å². The van der Waals surface area contributed by atoms with Crippen LogP contribution in [0.25, 0.3) is 0 Å². The summed E-state index contributed by atoms with van der Waals surface area (Å²) in [5, 5.41) is 6.98. The van der Waals surface area contributed by atoms with Crippen LogP contribution in [0.3, 0.4) is 0 Å². The predicted molar refractivity (Wildman–Crippen MR) is 130 cm³/mol. The third-order valence-electron chi connectivity index (χ3n) is 6.47. The maximum absolute atomic E-state index is 5.87. The van der Waals surface area contributed by atoms with Gasteiger partial charge in [-0.05, 0) is 57.2 Å². The largest absolute Gasteiger partial charge is 0.496 e. The van der Waals surface area contributed by atoms with Gasteiger partial charge in [0.25, 0.3) is 0 Å². The van der Waals surface area contributed by atoms with E-state index in [0.29, 0.717) is 5.92 Å². The number of rotatable bonds is 11. The smallest absolute Gasteiger partial charge is 0.191 e. The predicted octanol–water partition coefficient (Wildman–Crippen LogP) is 3.22. The van der Waals surface area contributed by atoms with Gasteiger partial charge in [0, 0.05) is 52.1 Å². The van der Waals surface area contributed by atoms with Crippen molar-refractivity contribution in [2.45, 2.75) is 44.6 Å². The molecule has 7 nitrogen and oxygen atoms in total. The molecule has 0 aromatic heterocycles. The maximum atomic E-state index is 5.87. The molecule has 0 aliphatic carbocycles. The summed E-state index contributed by atoms with van der Waals surface area (Å²) in [6, 6.07) is 8.63. The molecule has 1 aromatic rings. The van der Waals surface area contributed by atoms with E-state index in [1.165, 1.54) is 24.8 Å². The average molecular weight is 447 g/mol. The van der Waals surface area contributed by atoms with E-state index in [0.717, 1.165) is 83.6 Å². The molecule has 7 heteroatoms. The van der Waals surface area contributed by atoms with Crippen LogP contribution in [0.4, 0.5) is 0 Å². The van der Waals surface area contributed by atoms with E-state index in [1.54, 1.807) is 7.11 Å². The Balaban J connectivity index is 1.44. The van der Waals surface area contributed by atoms with Gasteiger partial charge in [-0.15, -0.1) is 0 Å². The average Bonchev–Trinajstić information content (AvgIpc) is 2.86. The second-order valence-electron chi connectivity index (χ2n) is 8.72. The van der Waals surface area contributed by atoms with E-state index < -0.39 is 0 Å². The molecular formula is C25H42N4O3. The van der Waals surface area contributed by atoms with Crippen LogP contribution in [0.2, 0.25) is 0 Å². The lowest BCUT2D eigenvalue weighted by Crippen LogP contribution is -2.44. The fraction of sp³-hybridized carbons (Fsp3) is 0.720. The fourth-order valence-corrected chi connectivity index (χ4v) is 4.57. The van der Waals surface area contributed by atoms with Gasteiger partial charge in [-0.25, -0.2) is 0 Å². The summed E-state index contributed by atoms with van der Waals surface area (Å²) < 4.78 is 17.0. The molecule has 1 aromatic carbocycles. The standard InChI is InChI=1S/C25H42N4O3/c1-26-25(27-13-8-16-32-20-21-11-17-31-18-12-21)28-19-23(29-14-6-3-7-15-29)22-9-4-5-10-24(22)30-2/h4-5,9-10,21,23H,3,6-8,11-20H2,1-2H3,(H2,26,27,28). The molecule has 32 heavy (non-hydrogen) atoms. The molecule has 2 saturated heterocycles. The van der Waals surface area contributed by atoms with Crippen LogP contribution in [0, 0.1) is 5.92 Å². The summed E-state index contributed by atoms with van der Waals surface area (Å²) in [6.45, 7) is 7.28. The monoisotopic (exact) mass is 446 g/mol. The first-order chi connectivity index (χ1) is 15.8. The summed E-state index contributed by atoms with van der Waals surface area (Å²) >= 11 is 0. The van der Waals surface area contributed by atoms with Crippen LogP contribution >= 0.6 is 0 Å². The highest BCUT2D eigenvalue weighted by atomic mass is 16.5. The first kappa shape index (κ1) is 24.8. The molecule has 2 fully saturated rings. The summed E-state index contributed by atoms with van der Waals surface area (Å²) in [7, 11) is 3.58. The minimum Gasteiger partial charge on any atom is -0.496 e. The number of nitrogens with zero attached hydrogens (tertiary/aromatic N) is 2. The van der Waals surface area contributed by atoms with Gasteiger partial charge in [-0.1, -0.05) is 24.6 Å². The van der Waals surface area contributed by atoms with E-state index in [1.807, 2.05) is 13.1 Å². The summed E-state index contributed by atoms with van der Waals surface area (Å²) in [4.78, 5) is 7.00. The molecule has 2 heterocycles. The SMILES string of the molecule is CN=C(NCCCOCC1CCOCC1)NCC(c1ccccc1OC)N1CCCCC1. The first-order valence-corrected chi connectivity index (χ1v) is 12.3. The second kappa shape index (κ2) is 14.3. The van der Waals surface area contributed by atoms with Gasteiger partial charge in [-0.2, -0.15) is 0 Å². The van der Waals surface area contributed by atoms with Crippen LogP contribution in [0.1, 0.15) is 50.1 Å². The molecule has 180 valence electrons. The van der Waals surface area contributed by atoms with Crippen molar-refractivity contribution in [3.8, 4) is 5.75 Å². The van der Waals surface area contributed by atoms with Crippen LogP contribution < -0.4 is 15.4 Å². The quantitative estimate of drug-likeness (QED) is 0.309. The maximum Gasteiger partial charge on any atom is 0.191 e. The fourth-order valence-electron chi connectivity index (χ4n) is 4.57. The highest BCUT2D eigenvalue weighted by Gasteiger charge is 2.25. The normalized spacial score (nSPS) is 19.5. The molecule has 0 spiro atoms. The number of hydrogen-bond acceptors (Lipinski definition) is 5. The van der Waals surface area contributed by atoms with Crippen LogP contribution in [0.5, 0.6) is 5.75 Å². The number of ether oxygens (including phenoxy) is 3. The van der Waals surface area contributed by atoms with E-state index in [4.69, 9.17) is 14.2 Å². The number of para-hydroxylation sites is 1. The Labute approximate surface area is 193 Å². The molecular weight excluding hydrogens is 404 g/mol. The third-order valence-corrected chi connectivity index (χ3v) is 6.47. The Morgan fingerprint density at radius 3 is 2.69 bits per heavy atom. The zero-order valence-corrected chi connectivity index (χ0v) is 20.0. The minimum absolute atomic E-state index is 0.257. The Bertz CT molecular complexity index is 673. The molecule has 2 aliphatic rings. The van der Waals surface area contributed by atoms with Gasteiger partial charge in [0.2, 0.25) is 0 Å². The summed E-state index contributed by atoms with van der Waals surface area (Å²) in [5.74, 6) is 2.45. The van der Waals surface area contributed by atoms with Crippen molar-refractivity contribution in [1.82, 2.24) is 15.5 Å². The number of piperidine rings is 1. The van der Waals surface area contributed by atoms with Gasteiger partial charge in [-0.3, -0.25) is 9.89 Å². The summed E-state index contributed by atoms with van der Waals surface area (Å²) in [6.07, 6.45) is 7.05. The lowest BCUT2D eigenvalue weighted by Gasteiger charge is -2.35. The number of nitrogens with one attached hydrogen (secondary N) is 2. The van der Waals surface area contributed by atoms with Crippen LogP contribution in [-0.4, -0.2) is 77.6 Å². The van der Waals surface area contributed by atoms with Gasteiger partial charge >= 0.3 is 0 Å². The number of benzene rings is 1. The Kier molecular flexibility index (Phi) is 11.1. The Morgan fingerprint density at radius 1 is 1.16 bits per heavy atom. The van der Waals surface area contributed by atoms with Gasteiger partial charge < -0.3 is 24.8 Å². The van der Waals surface area contributed by atoms with Crippen molar-refractivity contribution in [3.63, 3.8) is 0 Å². The molecule has 1 atom stereocenters. The number of methoxy groups -OCH3 is 1. The Morgan fingerprint density at radius 2 is 1.94 bits per heavy atom. The molecule has 0 radical (unpaired) electrons. The van der Waals surface area contributed by atoms with E-state index >= 15 is 0 Å². The molecule has 2 N–H and O–H groups in total. The van der Waals surface area contributed by atoms with E-state index in [9.17, 15) is 0 Å². The minimum atomic E-state index is 0.257. The number of hydrogen-bond donors (Lipinski definition) is 2. The van der Waals surface area contributed by atoms with Gasteiger partial charge in [0.1, 0.15) is 5.75 Å². The molecule has 1 unspecified atom stereocenters. The highest BCUT2D eigenvalue weighted by molar-refractivity contribution is 5.79. The number of guanidine groups is 1. The van der Waals surface area contributed by atoms with Crippen molar-refractivity contribution >= 4 is 5.96 Å². The van der Waals surface area contributed by atoms with E-state index in [2.05, 4.69) is 38.7 Å². The zero-order valence-electron chi connectivity index (χ0n) is 20.0. The number of aliphatic imine (C=N–C) groups is 1. The molecule has 0 saturated carbocycles. The topological polar surface area (TPSA) is 67.4 Å². The first-order valence-electron chi connectivity index (χ1n) is 12.3. The van der Waals surface area contributed by atoms with Crippen molar-refractivity contribution in [1.29, 1.82) is 0 Å².